The number of carbonyl (C=O) groups is 1. The summed E-state index contributed by atoms with van der Waals surface area (Å²) in [5.74, 6) is -0.515. The number of hydrogen-bond donors (Lipinski definition) is 1. The SMILES string of the molecule is CCn1ncc(Br)c1CNC(=O)[C@H]1CCCN(S(=O)(=O)c2cnn(C)c2)C1. The summed E-state index contributed by atoms with van der Waals surface area (Å²) in [7, 11) is -1.96. The Morgan fingerprint density at radius 3 is 2.81 bits per heavy atom. The van der Waals surface area contributed by atoms with Crippen molar-refractivity contribution in [3.05, 3.63) is 28.8 Å². The van der Waals surface area contributed by atoms with E-state index >= 15 is 0 Å². The van der Waals surface area contributed by atoms with Crippen LogP contribution in [0.3, 0.4) is 0 Å². The van der Waals surface area contributed by atoms with Crippen molar-refractivity contribution in [1.29, 1.82) is 0 Å². The number of rotatable bonds is 6. The van der Waals surface area contributed by atoms with Crippen LogP contribution in [0.4, 0.5) is 0 Å². The molecule has 2 aromatic heterocycles. The molecule has 9 nitrogen and oxygen atoms in total. The third kappa shape index (κ3) is 4.25. The lowest BCUT2D eigenvalue weighted by Gasteiger charge is -2.30. The molecule has 0 saturated carbocycles. The summed E-state index contributed by atoms with van der Waals surface area (Å²) in [5, 5.41) is 11.1. The Kier molecular flexibility index (Phi) is 6.02. The molecule has 1 N–H and O–H groups in total. The van der Waals surface area contributed by atoms with Gasteiger partial charge in [0.2, 0.25) is 15.9 Å². The molecular formula is C16H23BrN6O3S. The maximum atomic E-state index is 12.8. The van der Waals surface area contributed by atoms with Gasteiger partial charge in [-0.15, -0.1) is 0 Å². The van der Waals surface area contributed by atoms with E-state index in [2.05, 4.69) is 31.4 Å². The maximum absolute atomic E-state index is 12.8. The monoisotopic (exact) mass is 458 g/mol. The summed E-state index contributed by atoms with van der Waals surface area (Å²) < 4.78 is 31.0. The second kappa shape index (κ2) is 8.11. The molecule has 3 rings (SSSR count). The van der Waals surface area contributed by atoms with Crippen molar-refractivity contribution >= 4 is 31.9 Å². The van der Waals surface area contributed by atoms with E-state index in [0.29, 0.717) is 32.5 Å². The number of aryl methyl sites for hydroxylation is 2. The van der Waals surface area contributed by atoms with Gasteiger partial charge in [-0.3, -0.25) is 14.2 Å². The lowest BCUT2D eigenvalue weighted by molar-refractivity contribution is -0.126. The Hall–Kier alpha value is -1.72. The molecule has 1 aliphatic heterocycles. The van der Waals surface area contributed by atoms with Crippen molar-refractivity contribution in [3.8, 4) is 0 Å². The smallest absolute Gasteiger partial charge is 0.246 e. The fourth-order valence-electron chi connectivity index (χ4n) is 3.21. The third-order valence-electron chi connectivity index (χ3n) is 4.70. The summed E-state index contributed by atoms with van der Waals surface area (Å²) in [5.41, 5.74) is 0.890. The van der Waals surface area contributed by atoms with E-state index in [-0.39, 0.29) is 23.3 Å². The lowest BCUT2D eigenvalue weighted by Crippen LogP contribution is -2.45. The highest BCUT2D eigenvalue weighted by molar-refractivity contribution is 9.10. The van der Waals surface area contributed by atoms with E-state index in [4.69, 9.17) is 0 Å². The number of carbonyl (C=O) groups excluding carboxylic acids is 1. The van der Waals surface area contributed by atoms with Crippen LogP contribution in [0.5, 0.6) is 0 Å². The quantitative estimate of drug-likeness (QED) is 0.698. The second-order valence-corrected chi connectivity index (χ2v) is 9.32. The van der Waals surface area contributed by atoms with Crippen molar-refractivity contribution in [1.82, 2.24) is 29.2 Å². The van der Waals surface area contributed by atoms with Gasteiger partial charge in [0.15, 0.2) is 0 Å². The van der Waals surface area contributed by atoms with Gasteiger partial charge >= 0.3 is 0 Å². The van der Waals surface area contributed by atoms with Crippen molar-refractivity contribution < 1.29 is 13.2 Å². The van der Waals surface area contributed by atoms with Gasteiger partial charge in [-0.2, -0.15) is 14.5 Å². The summed E-state index contributed by atoms with van der Waals surface area (Å²) in [6.45, 7) is 3.62. The van der Waals surface area contributed by atoms with Gasteiger partial charge < -0.3 is 5.32 Å². The molecule has 2 aromatic rings. The number of hydrogen-bond acceptors (Lipinski definition) is 5. The molecule has 0 aliphatic carbocycles. The Bertz CT molecular complexity index is 922. The minimum Gasteiger partial charge on any atom is -0.350 e. The van der Waals surface area contributed by atoms with E-state index in [1.54, 1.807) is 13.2 Å². The zero-order valence-corrected chi connectivity index (χ0v) is 17.7. The van der Waals surface area contributed by atoms with Gasteiger partial charge in [0.25, 0.3) is 0 Å². The molecule has 1 saturated heterocycles. The number of aromatic nitrogens is 4. The average molecular weight is 459 g/mol. The van der Waals surface area contributed by atoms with Crippen molar-refractivity contribution in [3.63, 3.8) is 0 Å². The topological polar surface area (TPSA) is 102 Å². The third-order valence-corrected chi connectivity index (χ3v) is 7.18. The molecule has 1 amide bonds. The van der Waals surface area contributed by atoms with E-state index in [1.165, 1.54) is 21.4 Å². The van der Waals surface area contributed by atoms with Crippen LogP contribution in [0.15, 0.2) is 28.0 Å². The molecule has 11 heteroatoms. The van der Waals surface area contributed by atoms with Gasteiger partial charge in [0.05, 0.1) is 35.0 Å². The molecule has 1 fully saturated rings. The van der Waals surface area contributed by atoms with E-state index in [0.717, 1.165) is 10.2 Å². The largest absolute Gasteiger partial charge is 0.350 e. The van der Waals surface area contributed by atoms with Crippen LogP contribution in [-0.4, -0.2) is 51.3 Å². The number of nitrogens with one attached hydrogen (secondary N) is 1. The van der Waals surface area contributed by atoms with Crippen LogP contribution >= 0.6 is 15.9 Å². The second-order valence-electron chi connectivity index (χ2n) is 6.52. The molecule has 3 heterocycles. The zero-order valence-electron chi connectivity index (χ0n) is 15.3. The van der Waals surface area contributed by atoms with Crippen LogP contribution < -0.4 is 5.32 Å². The van der Waals surface area contributed by atoms with Crippen LogP contribution in [0, 0.1) is 5.92 Å². The van der Waals surface area contributed by atoms with Gasteiger partial charge in [0, 0.05) is 32.9 Å². The first-order valence-corrected chi connectivity index (χ1v) is 11.0. The summed E-state index contributed by atoms with van der Waals surface area (Å²) in [4.78, 5) is 12.8. The van der Waals surface area contributed by atoms with Crippen molar-refractivity contribution in [2.45, 2.75) is 37.8 Å². The van der Waals surface area contributed by atoms with Crippen LogP contribution in [0.1, 0.15) is 25.5 Å². The number of nitrogens with zero attached hydrogens (tertiary/aromatic N) is 5. The molecule has 27 heavy (non-hydrogen) atoms. The minimum absolute atomic E-state index is 0.142. The average Bonchev–Trinajstić information content (AvgIpc) is 3.25. The van der Waals surface area contributed by atoms with Gasteiger partial charge in [-0.05, 0) is 35.7 Å². The molecule has 1 aliphatic rings. The number of halogens is 1. The molecule has 148 valence electrons. The van der Waals surface area contributed by atoms with E-state index in [1.807, 2.05) is 11.6 Å². The fourth-order valence-corrected chi connectivity index (χ4v) is 5.15. The molecule has 0 aromatic carbocycles. The number of amides is 1. The molecule has 0 radical (unpaired) electrons. The first-order valence-electron chi connectivity index (χ1n) is 8.79. The molecule has 0 unspecified atom stereocenters. The molecule has 0 spiro atoms. The first kappa shape index (κ1) is 20.0. The van der Waals surface area contributed by atoms with Gasteiger partial charge in [-0.1, -0.05) is 0 Å². The minimum atomic E-state index is -3.63. The Labute approximate surface area is 166 Å². The fraction of sp³-hybridized carbons (Fsp3) is 0.562. The molecule has 1 atom stereocenters. The summed E-state index contributed by atoms with van der Waals surface area (Å²) in [6.07, 6.45) is 5.83. The summed E-state index contributed by atoms with van der Waals surface area (Å²) in [6, 6.07) is 0. The van der Waals surface area contributed by atoms with Crippen LogP contribution in [0.25, 0.3) is 0 Å². The highest BCUT2D eigenvalue weighted by atomic mass is 79.9. The number of piperidine rings is 1. The van der Waals surface area contributed by atoms with E-state index in [9.17, 15) is 13.2 Å². The first-order chi connectivity index (χ1) is 12.8. The summed E-state index contributed by atoms with van der Waals surface area (Å²) >= 11 is 3.44. The lowest BCUT2D eigenvalue weighted by atomic mass is 9.99. The maximum Gasteiger partial charge on any atom is 0.246 e. The zero-order chi connectivity index (χ0) is 19.6. The van der Waals surface area contributed by atoms with Gasteiger partial charge in [-0.25, -0.2) is 8.42 Å². The van der Waals surface area contributed by atoms with Crippen molar-refractivity contribution in [2.75, 3.05) is 13.1 Å². The Balaban J connectivity index is 1.65. The predicted octanol–water partition coefficient (Wildman–Crippen LogP) is 1.12. The Morgan fingerprint density at radius 2 is 2.15 bits per heavy atom. The highest BCUT2D eigenvalue weighted by Gasteiger charge is 2.34. The van der Waals surface area contributed by atoms with E-state index < -0.39 is 10.0 Å². The predicted molar refractivity (Wildman–Crippen MR) is 102 cm³/mol. The molecular weight excluding hydrogens is 436 g/mol. The van der Waals surface area contributed by atoms with Crippen LogP contribution in [0.2, 0.25) is 0 Å². The van der Waals surface area contributed by atoms with Gasteiger partial charge in [0.1, 0.15) is 4.90 Å². The van der Waals surface area contributed by atoms with Crippen molar-refractivity contribution in [2.24, 2.45) is 13.0 Å². The standard InChI is InChI=1S/C16H23BrN6O3S/c1-3-23-15(14(17)8-20-23)9-18-16(24)12-5-4-6-22(10-12)27(25,26)13-7-19-21(2)11-13/h7-8,11-12H,3-6,9-10H2,1-2H3,(H,18,24)/t12-/m0/s1. The molecule has 0 bridgehead atoms. The Morgan fingerprint density at radius 1 is 1.37 bits per heavy atom. The van der Waals surface area contributed by atoms with Crippen LogP contribution in [-0.2, 0) is 35.0 Å². The highest BCUT2D eigenvalue weighted by Crippen LogP contribution is 2.24. The normalized spacial score (nSPS) is 18.6. The number of sulfonamides is 1.